The van der Waals surface area contributed by atoms with E-state index >= 15 is 0 Å². The van der Waals surface area contributed by atoms with Crippen LogP contribution in [0.1, 0.15) is 34.9 Å². The van der Waals surface area contributed by atoms with E-state index < -0.39 is 0 Å². The number of carbonyl (C=O) groups excluding carboxylic acids is 1. The quantitative estimate of drug-likeness (QED) is 0.720. The largest absolute Gasteiger partial charge is 0.331 e. The average Bonchev–Trinajstić information content (AvgIpc) is 3.38. The first kappa shape index (κ1) is 16.4. The van der Waals surface area contributed by atoms with E-state index in [4.69, 9.17) is 0 Å². The highest BCUT2D eigenvalue weighted by Crippen LogP contribution is 2.25. The predicted molar refractivity (Wildman–Crippen MR) is 103 cm³/mol. The van der Waals surface area contributed by atoms with Crippen molar-refractivity contribution < 1.29 is 4.79 Å². The number of rotatable bonds is 3. The van der Waals surface area contributed by atoms with Crippen LogP contribution in [-0.4, -0.2) is 56.4 Å². The Kier molecular flexibility index (Phi) is 4.13. The van der Waals surface area contributed by atoms with E-state index in [1.807, 2.05) is 47.8 Å². The SMILES string of the molecule is O=C(c1cnc2ccccc2c1)N1Cc2cncn2[C@H](CN2CCCC2)C1. The smallest absolute Gasteiger partial charge is 0.255 e. The minimum Gasteiger partial charge on any atom is -0.331 e. The molecule has 1 aromatic carbocycles. The van der Waals surface area contributed by atoms with Gasteiger partial charge in [0.15, 0.2) is 0 Å². The van der Waals surface area contributed by atoms with Gasteiger partial charge in [-0.3, -0.25) is 9.78 Å². The van der Waals surface area contributed by atoms with Crippen LogP contribution in [0.4, 0.5) is 0 Å². The zero-order valence-electron chi connectivity index (χ0n) is 15.3. The summed E-state index contributed by atoms with van der Waals surface area (Å²) in [5.41, 5.74) is 2.67. The van der Waals surface area contributed by atoms with Crippen LogP contribution in [0.2, 0.25) is 0 Å². The number of likely N-dealkylation sites (tertiary alicyclic amines) is 1. The van der Waals surface area contributed by atoms with Crippen LogP contribution in [0, 0.1) is 0 Å². The molecule has 0 spiro atoms. The highest BCUT2D eigenvalue weighted by molar-refractivity contribution is 5.97. The normalized spacial score (nSPS) is 20.1. The Morgan fingerprint density at radius 1 is 1.15 bits per heavy atom. The third kappa shape index (κ3) is 3.10. The number of benzene rings is 1. The van der Waals surface area contributed by atoms with Crippen LogP contribution >= 0.6 is 0 Å². The molecule has 27 heavy (non-hydrogen) atoms. The summed E-state index contributed by atoms with van der Waals surface area (Å²) in [4.78, 5) is 26.4. The molecule has 138 valence electrons. The van der Waals surface area contributed by atoms with Crippen LogP contribution in [0.15, 0.2) is 49.1 Å². The summed E-state index contributed by atoms with van der Waals surface area (Å²) in [5.74, 6) is 0.0483. The lowest BCUT2D eigenvalue weighted by molar-refractivity contribution is 0.0658. The van der Waals surface area contributed by atoms with Gasteiger partial charge in [0.25, 0.3) is 5.91 Å². The third-order valence-electron chi connectivity index (χ3n) is 5.72. The van der Waals surface area contributed by atoms with Crippen molar-refractivity contribution >= 4 is 16.8 Å². The minimum atomic E-state index is 0.0483. The van der Waals surface area contributed by atoms with Crippen molar-refractivity contribution in [2.24, 2.45) is 0 Å². The summed E-state index contributed by atoms with van der Waals surface area (Å²) in [5, 5.41) is 0.999. The number of fused-ring (bicyclic) bond motifs is 2. The molecule has 1 fully saturated rings. The van der Waals surface area contributed by atoms with Gasteiger partial charge in [-0.05, 0) is 38.1 Å². The van der Waals surface area contributed by atoms with Crippen LogP contribution in [0.3, 0.4) is 0 Å². The van der Waals surface area contributed by atoms with Crippen molar-refractivity contribution in [1.82, 2.24) is 24.3 Å². The Hall–Kier alpha value is -2.73. The van der Waals surface area contributed by atoms with Crippen molar-refractivity contribution in [3.05, 3.63) is 60.3 Å². The van der Waals surface area contributed by atoms with Crippen molar-refractivity contribution in [3.8, 4) is 0 Å². The molecule has 1 atom stereocenters. The molecule has 1 saturated heterocycles. The maximum absolute atomic E-state index is 13.2. The molecule has 0 aliphatic carbocycles. The van der Waals surface area contributed by atoms with Gasteiger partial charge >= 0.3 is 0 Å². The second kappa shape index (κ2) is 6.78. The lowest BCUT2D eigenvalue weighted by atomic mass is 10.1. The van der Waals surface area contributed by atoms with E-state index in [2.05, 4.69) is 19.4 Å². The van der Waals surface area contributed by atoms with Crippen molar-refractivity contribution in [1.29, 1.82) is 0 Å². The van der Waals surface area contributed by atoms with E-state index in [1.165, 1.54) is 12.8 Å². The van der Waals surface area contributed by atoms with Gasteiger partial charge in [0.2, 0.25) is 0 Å². The first-order valence-electron chi connectivity index (χ1n) is 9.65. The Labute approximate surface area is 158 Å². The molecular weight excluding hydrogens is 338 g/mol. The highest BCUT2D eigenvalue weighted by atomic mass is 16.2. The summed E-state index contributed by atoms with van der Waals surface area (Å²) in [6.45, 7) is 4.60. The molecule has 6 nitrogen and oxygen atoms in total. The molecule has 2 aliphatic heterocycles. The van der Waals surface area contributed by atoms with Crippen LogP contribution in [0.25, 0.3) is 10.9 Å². The Morgan fingerprint density at radius 3 is 2.89 bits per heavy atom. The summed E-state index contributed by atoms with van der Waals surface area (Å²) in [6.07, 6.45) is 8.04. The van der Waals surface area contributed by atoms with Gasteiger partial charge in [0, 0.05) is 30.9 Å². The van der Waals surface area contributed by atoms with E-state index in [0.29, 0.717) is 18.7 Å². The zero-order valence-corrected chi connectivity index (χ0v) is 15.3. The maximum atomic E-state index is 13.2. The molecule has 2 aliphatic rings. The lowest BCUT2D eigenvalue weighted by Gasteiger charge is -2.36. The lowest BCUT2D eigenvalue weighted by Crippen LogP contribution is -2.44. The maximum Gasteiger partial charge on any atom is 0.255 e. The fourth-order valence-electron chi connectivity index (χ4n) is 4.32. The number of hydrogen-bond donors (Lipinski definition) is 0. The topological polar surface area (TPSA) is 54.3 Å². The second-order valence-electron chi connectivity index (χ2n) is 7.56. The number of nitrogens with zero attached hydrogens (tertiary/aromatic N) is 5. The summed E-state index contributed by atoms with van der Waals surface area (Å²) in [7, 11) is 0. The molecule has 5 rings (SSSR count). The summed E-state index contributed by atoms with van der Waals surface area (Å²) >= 11 is 0. The zero-order chi connectivity index (χ0) is 18.2. The number of imidazole rings is 1. The number of aromatic nitrogens is 3. The number of hydrogen-bond acceptors (Lipinski definition) is 4. The number of pyridine rings is 1. The third-order valence-corrected chi connectivity index (χ3v) is 5.72. The van der Waals surface area contributed by atoms with Gasteiger partial charge in [0.1, 0.15) is 0 Å². The van der Waals surface area contributed by atoms with Crippen LogP contribution < -0.4 is 0 Å². The van der Waals surface area contributed by atoms with E-state index in [-0.39, 0.29) is 11.9 Å². The molecule has 2 aromatic heterocycles. The molecule has 0 unspecified atom stereocenters. The number of amides is 1. The summed E-state index contributed by atoms with van der Waals surface area (Å²) < 4.78 is 2.25. The molecule has 0 radical (unpaired) electrons. The van der Waals surface area contributed by atoms with Gasteiger partial charge in [-0.1, -0.05) is 18.2 Å². The Balaban J connectivity index is 1.41. The van der Waals surface area contributed by atoms with Crippen LogP contribution in [0.5, 0.6) is 0 Å². The van der Waals surface area contributed by atoms with Gasteiger partial charge in [-0.15, -0.1) is 0 Å². The monoisotopic (exact) mass is 361 g/mol. The molecule has 4 heterocycles. The molecule has 0 saturated carbocycles. The van der Waals surface area contributed by atoms with Crippen LogP contribution in [-0.2, 0) is 6.54 Å². The second-order valence-corrected chi connectivity index (χ2v) is 7.56. The molecule has 0 bridgehead atoms. The minimum absolute atomic E-state index is 0.0483. The molecule has 3 aromatic rings. The van der Waals surface area contributed by atoms with Gasteiger partial charge in [0.05, 0.1) is 35.7 Å². The van der Waals surface area contributed by atoms with Crippen molar-refractivity contribution in [3.63, 3.8) is 0 Å². The van der Waals surface area contributed by atoms with E-state index in [0.717, 1.165) is 36.2 Å². The number of carbonyl (C=O) groups is 1. The standard InChI is InChI=1S/C21H23N5O/c27-21(17-9-16-5-1-2-6-20(16)23-10-17)25-13-18-11-22-15-26(18)19(14-25)12-24-7-3-4-8-24/h1-2,5-6,9-11,15,19H,3-4,7-8,12-14H2/t19-/m1/s1. The molecule has 0 N–H and O–H groups in total. The molecule has 6 heteroatoms. The Bertz CT molecular complexity index is 975. The van der Waals surface area contributed by atoms with Gasteiger partial charge in [-0.25, -0.2) is 4.98 Å². The average molecular weight is 361 g/mol. The predicted octanol–water partition coefficient (Wildman–Crippen LogP) is 2.72. The fourth-order valence-corrected chi connectivity index (χ4v) is 4.32. The van der Waals surface area contributed by atoms with E-state index in [9.17, 15) is 4.79 Å². The first-order chi connectivity index (χ1) is 13.3. The Morgan fingerprint density at radius 2 is 2.00 bits per heavy atom. The first-order valence-corrected chi connectivity index (χ1v) is 9.65. The van der Waals surface area contributed by atoms with E-state index in [1.54, 1.807) is 6.20 Å². The molecular formula is C21H23N5O. The number of para-hydroxylation sites is 1. The van der Waals surface area contributed by atoms with Gasteiger partial charge < -0.3 is 14.4 Å². The summed E-state index contributed by atoms with van der Waals surface area (Å²) in [6, 6.07) is 10.1. The molecule has 1 amide bonds. The van der Waals surface area contributed by atoms with Crippen molar-refractivity contribution in [2.75, 3.05) is 26.2 Å². The highest BCUT2D eigenvalue weighted by Gasteiger charge is 2.30. The van der Waals surface area contributed by atoms with Gasteiger partial charge in [-0.2, -0.15) is 0 Å². The fraction of sp³-hybridized carbons (Fsp3) is 0.381. The van der Waals surface area contributed by atoms with Crippen molar-refractivity contribution in [2.45, 2.75) is 25.4 Å².